The molecular formula is C17H21N3O4. The highest BCUT2D eigenvalue weighted by atomic mass is 16.5. The first kappa shape index (κ1) is 17.7. The van der Waals surface area contributed by atoms with Gasteiger partial charge < -0.3 is 10.1 Å². The van der Waals surface area contributed by atoms with Crippen LogP contribution in [0.15, 0.2) is 29.4 Å². The van der Waals surface area contributed by atoms with Gasteiger partial charge in [0.15, 0.2) is 0 Å². The number of anilines is 1. The van der Waals surface area contributed by atoms with E-state index in [1.54, 1.807) is 6.92 Å². The van der Waals surface area contributed by atoms with Gasteiger partial charge in [0.1, 0.15) is 0 Å². The maximum atomic E-state index is 11.8. The van der Waals surface area contributed by atoms with Gasteiger partial charge in [0, 0.05) is 11.4 Å². The normalized spacial score (nSPS) is 13.8. The van der Waals surface area contributed by atoms with Crippen molar-refractivity contribution in [2.75, 3.05) is 11.9 Å². The van der Waals surface area contributed by atoms with Gasteiger partial charge in [-0.1, -0.05) is 6.42 Å². The SMILES string of the molecule is CCOC(=O)c1ccc(NC(=O)C(=O)NN=C2CCCCC2)cc1. The van der Waals surface area contributed by atoms with Gasteiger partial charge in [-0.05, 0) is 56.9 Å². The molecule has 1 aromatic carbocycles. The van der Waals surface area contributed by atoms with Gasteiger partial charge in [0.25, 0.3) is 0 Å². The summed E-state index contributed by atoms with van der Waals surface area (Å²) < 4.78 is 4.87. The molecule has 0 saturated heterocycles. The maximum absolute atomic E-state index is 11.8. The minimum atomic E-state index is -0.817. The molecule has 0 atom stereocenters. The quantitative estimate of drug-likeness (QED) is 0.502. The zero-order valence-electron chi connectivity index (χ0n) is 13.6. The van der Waals surface area contributed by atoms with Crippen molar-refractivity contribution in [2.45, 2.75) is 39.0 Å². The van der Waals surface area contributed by atoms with E-state index >= 15 is 0 Å². The minimum absolute atomic E-state index is 0.292. The Hall–Kier alpha value is -2.70. The lowest BCUT2D eigenvalue weighted by atomic mass is 9.99. The molecule has 0 spiro atoms. The topological polar surface area (TPSA) is 96.9 Å². The lowest BCUT2D eigenvalue weighted by Gasteiger charge is -2.12. The average molecular weight is 331 g/mol. The lowest BCUT2D eigenvalue weighted by molar-refractivity contribution is -0.136. The molecule has 128 valence electrons. The van der Waals surface area contributed by atoms with E-state index in [9.17, 15) is 14.4 Å². The molecule has 1 saturated carbocycles. The summed E-state index contributed by atoms with van der Waals surface area (Å²) in [6.07, 6.45) is 5.02. The van der Waals surface area contributed by atoms with Crippen LogP contribution in [0.1, 0.15) is 49.4 Å². The molecule has 0 radical (unpaired) electrons. The number of nitrogens with zero attached hydrogens (tertiary/aromatic N) is 1. The number of nitrogens with one attached hydrogen (secondary N) is 2. The molecule has 2 amide bonds. The minimum Gasteiger partial charge on any atom is -0.462 e. The van der Waals surface area contributed by atoms with Crippen molar-refractivity contribution < 1.29 is 19.1 Å². The Morgan fingerprint density at radius 2 is 1.71 bits per heavy atom. The van der Waals surface area contributed by atoms with Crippen molar-refractivity contribution >= 4 is 29.2 Å². The highest BCUT2D eigenvalue weighted by Crippen LogP contribution is 2.14. The number of rotatable bonds is 4. The van der Waals surface area contributed by atoms with Crippen LogP contribution in [0.25, 0.3) is 0 Å². The molecule has 24 heavy (non-hydrogen) atoms. The number of ether oxygens (including phenoxy) is 1. The number of carbonyl (C=O) groups excluding carboxylic acids is 3. The highest BCUT2D eigenvalue weighted by molar-refractivity contribution is 6.39. The van der Waals surface area contributed by atoms with Gasteiger partial charge in [-0.15, -0.1) is 0 Å². The fraction of sp³-hybridized carbons (Fsp3) is 0.412. The molecule has 1 aromatic rings. The van der Waals surface area contributed by atoms with Gasteiger partial charge in [-0.25, -0.2) is 10.2 Å². The van der Waals surface area contributed by atoms with Crippen LogP contribution in [-0.2, 0) is 14.3 Å². The third kappa shape index (κ3) is 5.19. The predicted molar refractivity (Wildman–Crippen MR) is 89.7 cm³/mol. The standard InChI is InChI=1S/C17H21N3O4/c1-2-24-17(23)12-8-10-13(11-9-12)18-15(21)16(22)20-19-14-6-4-3-5-7-14/h8-11H,2-7H2,1H3,(H,18,21)(H,20,22). The maximum Gasteiger partial charge on any atom is 0.338 e. The fourth-order valence-corrected chi connectivity index (χ4v) is 2.34. The Balaban J connectivity index is 1.86. The van der Waals surface area contributed by atoms with Crippen LogP contribution in [-0.4, -0.2) is 30.1 Å². The van der Waals surface area contributed by atoms with Gasteiger partial charge in [-0.2, -0.15) is 5.10 Å². The van der Waals surface area contributed by atoms with Crippen molar-refractivity contribution in [1.82, 2.24) is 5.43 Å². The summed E-state index contributed by atoms with van der Waals surface area (Å²) in [5.41, 5.74) is 3.99. The Morgan fingerprint density at radius 1 is 1.04 bits per heavy atom. The summed E-state index contributed by atoms with van der Waals surface area (Å²) in [5.74, 6) is -2.06. The average Bonchev–Trinajstić information content (AvgIpc) is 2.61. The Bertz CT molecular complexity index is 630. The van der Waals surface area contributed by atoms with E-state index in [1.807, 2.05) is 0 Å². The third-order valence-corrected chi connectivity index (χ3v) is 3.61. The molecule has 7 heteroatoms. The Labute approximate surface area is 140 Å². The Morgan fingerprint density at radius 3 is 2.33 bits per heavy atom. The first-order valence-corrected chi connectivity index (χ1v) is 8.04. The second-order valence-electron chi connectivity index (χ2n) is 5.43. The molecule has 1 aliphatic carbocycles. The summed E-state index contributed by atoms with van der Waals surface area (Å²) >= 11 is 0. The predicted octanol–water partition coefficient (Wildman–Crippen LogP) is 2.24. The van der Waals surface area contributed by atoms with Gasteiger partial charge >= 0.3 is 17.8 Å². The number of hydrogen-bond donors (Lipinski definition) is 2. The molecule has 0 heterocycles. The van der Waals surface area contributed by atoms with Gasteiger partial charge in [0.2, 0.25) is 0 Å². The second kappa shape index (κ2) is 8.81. The number of hydrogen-bond acceptors (Lipinski definition) is 5. The molecular weight excluding hydrogens is 310 g/mol. The van der Waals surface area contributed by atoms with Crippen molar-refractivity contribution in [1.29, 1.82) is 0 Å². The van der Waals surface area contributed by atoms with Crippen molar-refractivity contribution in [2.24, 2.45) is 5.10 Å². The van der Waals surface area contributed by atoms with Crippen LogP contribution in [0, 0.1) is 0 Å². The second-order valence-corrected chi connectivity index (χ2v) is 5.43. The molecule has 7 nitrogen and oxygen atoms in total. The largest absolute Gasteiger partial charge is 0.462 e. The monoisotopic (exact) mass is 331 g/mol. The highest BCUT2D eigenvalue weighted by Gasteiger charge is 2.15. The van der Waals surface area contributed by atoms with Crippen LogP contribution >= 0.6 is 0 Å². The van der Waals surface area contributed by atoms with Gasteiger partial charge in [0.05, 0.1) is 12.2 Å². The lowest BCUT2D eigenvalue weighted by Crippen LogP contribution is -2.33. The molecule has 2 N–H and O–H groups in total. The van der Waals surface area contributed by atoms with Crippen LogP contribution in [0.2, 0.25) is 0 Å². The zero-order chi connectivity index (χ0) is 17.4. The first-order valence-electron chi connectivity index (χ1n) is 8.04. The first-order chi connectivity index (χ1) is 11.6. The van der Waals surface area contributed by atoms with Crippen molar-refractivity contribution in [3.05, 3.63) is 29.8 Å². The fourth-order valence-electron chi connectivity index (χ4n) is 2.34. The summed E-state index contributed by atoms with van der Waals surface area (Å²) in [7, 11) is 0. The molecule has 0 aliphatic heterocycles. The number of hydrazone groups is 1. The van der Waals surface area contributed by atoms with E-state index in [1.165, 1.54) is 30.7 Å². The molecule has 1 aliphatic rings. The van der Waals surface area contributed by atoms with Crippen molar-refractivity contribution in [3.63, 3.8) is 0 Å². The summed E-state index contributed by atoms with van der Waals surface area (Å²) in [6, 6.07) is 6.11. The van der Waals surface area contributed by atoms with E-state index in [0.717, 1.165) is 31.4 Å². The van der Waals surface area contributed by atoms with E-state index in [2.05, 4.69) is 15.8 Å². The third-order valence-electron chi connectivity index (χ3n) is 3.61. The molecule has 2 rings (SSSR count). The van der Waals surface area contributed by atoms with Crippen molar-refractivity contribution in [3.8, 4) is 0 Å². The van der Waals surface area contributed by atoms with Crippen LogP contribution in [0.5, 0.6) is 0 Å². The number of benzene rings is 1. The smallest absolute Gasteiger partial charge is 0.338 e. The molecule has 0 aromatic heterocycles. The Kier molecular flexibility index (Phi) is 6.48. The number of carbonyl (C=O) groups is 3. The number of amides is 2. The summed E-state index contributed by atoms with van der Waals surface area (Å²) in [6.45, 7) is 2.02. The molecule has 0 unspecified atom stereocenters. The van der Waals surface area contributed by atoms with E-state index < -0.39 is 17.8 Å². The van der Waals surface area contributed by atoms with E-state index in [-0.39, 0.29) is 0 Å². The molecule has 1 fully saturated rings. The summed E-state index contributed by atoms with van der Waals surface area (Å²) in [4.78, 5) is 35.1. The summed E-state index contributed by atoms with van der Waals surface area (Å²) in [5, 5.41) is 6.45. The molecule has 0 bridgehead atoms. The van der Waals surface area contributed by atoms with Crippen LogP contribution < -0.4 is 10.7 Å². The van der Waals surface area contributed by atoms with Gasteiger partial charge in [-0.3, -0.25) is 9.59 Å². The van der Waals surface area contributed by atoms with E-state index in [4.69, 9.17) is 4.74 Å². The van der Waals surface area contributed by atoms with Crippen LogP contribution in [0.4, 0.5) is 5.69 Å². The van der Waals surface area contributed by atoms with E-state index in [0.29, 0.717) is 17.9 Å². The zero-order valence-corrected chi connectivity index (χ0v) is 13.6. The van der Waals surface area contributed by atoms with Crippen LogP contribution in [0.3, 0.4) is 0 Å². The number of esters is 1.